The summed E-state index contributed by atoms with van der Waals surface area (Å²) in [6.07, 6.45) is 3.16. The van der Waals surface area contributed by atoms with Crippen molar-refractivity contribution in [2.45, 2.75) is 6.92 Å². The Morgan fingerprint density at radius 1 is 1.06 bits per heavy atom. The van der Waals surface area contributed by atoms with Gasteiger partial charge < -0.3 is 19.2 Å². The molecule has 0 aliphatic heterocycles. The molecule has 0 aliphatic carbocycles. The molecule has 6 nitrogen and oxygen atoms in total. The molecule has 1 heterocycles. The zero-order chi connectivity index (χ0) is 21.8. The molecule has 156 valence electrons. The van der Waals surface area contributed by atoms with Crippen LogP contribution in [0.3, 0.4) is 0 Å². The molecule has 1 amide bonds. The van der Waals surface area contributed by atoms with Gasteiger partial charge in [0.25, 0.3) is 0 Å². The van der Waals surface area contributed by atoms with Crippen LogP contribution in [-0.2, 0) is 4.79 Å². The van der Waals surface area contributed by atoms with Crippen LogP contribution in [0.15, 0.2) is 76.0 Å². The number of rotatable bonds is 6. The maximum Gasteiger partial charge on any atom is 0.248 e. The highest BCUT2D eigenvalue weighted by Crippen LogP contribution is 2.28. The number of amides is 1. The number of carbonyl (C=O) groups is 1. The smallest absolute Gasteiger partial charge is 0.248 e. The first-order valence-corrected chi connectivity index (χ1v) is 9.84. The molecule has 0 unspecified atom stereocenters. The second-order valence-electron chi connectivity index (χ2n) is 6.80. The average Bonchev–Trinajstić information content (AvgIpc) is 2.78. The highest BCUT2D eigenvalue weighted by Gasteiger charge is 2.12. The number of hydrogen-bond acceptors (Lipinski definition) is 5. The second-order valence-corrected chi connectivity index (χ2v) is 6.80. The summed E-state index contributed by atoms with van der Waals surface area (Å²) in [6, 6.07) is 17.6. The highest BCUT2D eigenvalue weighted by atomic mass is 16.5. The van der Waals surface area contributed by atoms with E-state index < -0.39 is 0 Å². The van der Waals surface area contributed by atoms with Crippen molar-refractivity contribution in [1.82, 2.24) is 0 Å². The summed E-state index contributed by atoms with van der Waals surface area (Å²) in [5, 5.41) is 3.67. The Bertz CT molecular complexity index is 1340. The fraction of sp³-hybridized carbons (Fsp3) is 0.120. The van der Waals surface area contributed by atoms with Crippen LogP contribution < -0.4 is 20.2 Å². The number of para-hydroxylation sites is 1. The third-order valence-corrected chi connectivity index (χ3v) is 4.77. The molecule has 0 spiro atoms. The molecule has 0 fully saturated rings. The summed E-state index contributed by atoms with van der Waals surface area (Å²) in [4.78, 5) is 25.1. The molecule has 31 heavy (non-hydrogen) atoms. The first-order valence-electron chi connectivity index (χ1n) is 9.84. The third kappa shape index (κ3) is 4.28. The Balaban J connectivity index is 1.57. The Labute approximate surface area is 178 Å². The largest absolute Gasteiger partial charge is 0.494 e. The molecule has 1 aromatic heterocycles. The van der Waals surface area contributed by atoms with E-state index in [0.29, 0.717) is 40.0 Å². The van der Waals surface area contributed by atoms with E-state index in [1.54, 1.807) is 42.5 Å². The van der Waals surface area contributed by atoms with Gasteiger partial charge in [-0.15, -0.1) is 0 Å². The quantitative estimate of drug-likeness (QED) is 0.354. The Morgan fingerprint density at radius 3 is 2.61 bits per heavy atom. The number of ether oxygens (including phenoxy) is 2. The average molecular weight is 415 g/mol. The molecule has 0 saturated carbocycles. The van der Waals surface area contributed by atoms with Crippen LogP contribution in [0, 0.1) is 0 Å². The lowest BCUT2D eigenvalue weighted by molar-refractivity contribution is -0.111. The zero-order valence-electron chi connectivity index (χ0n) is 17.2. The maximum absolute atomic E-state index is 12.8. The minimum Gasteiger partial charge on any atom is -0.494 e. The number of nitrogens with one attached hydrogen (secondary N) is 1. The van der Waals surface area contributed by atoms with Crippen LogP contribution in [0.5, 0.6) is 11.5 Å². The highest BCUT2D eigenvalue weighted by molar-refractivity contribution is 6.03. The first kappa shape index (κ1) is 20.2. The van der Waals surface area contributed by atoms with Crippen LogP contribution in [0.25, 0.3) is 28.0 Å². The van der Waals surface area contributed by atoms with Gasteiger partial charge in [-0.2, -0.15) is 0 Å². The molecule has 0 atom stereocenters. The van der Waals surface area contributed by atoms with E-state index >= 15 is 0 Å². The van der Waals surface area contributed by atoms with Gasteiger partial charge >= 0.3 is 0 Å². The molecule has 0 bridgehead atoms. The maximum atomic E-state index is 12.8. The van der Waals surface area contributed by atoms with Crippen molar-refractivity contribution in [2.75, 3.05) is 19.0 Å². The summed E-state index contributed by atoms with van der Waals surface area (Å²) in [7, 11) is 1.52. The van der Waals surface area contributed by atoms with Crippen LogP contribution >= 0.6 is 0 Å². The summed E-state index contributed by atoms with van der Waals surface area (Å²) in [5.74, 6) is 0.962. The lowest BCUT2D eigenvalue weighted by Crippen LogP contribution is -2.08. The predicted octanol–water partition coefficient (Wildman–Crippen LogP) is 5.01. The third-order valence-electron chi connectivity index (χ3n) is 4.77. The minimum atomic E-state index is -0.297. The van der Waals surface area contributed by atoms with Gasteiger partial charge in [0.1, 0.15) is 11.3 Å². The van der Waals surface area contributed by atoms with Gasteiger partial charge in [0.05, 0.1) is 24.5 Å². The molecule has 0 saturated heterocycles. The van der Waals surface area contributed by atoms with Gasteiger partial charge in [0.2, 0.25) is 11.3 Å². The van der Waals surface area contributed by atoms with Crippen molar-refractivity contribution >= 4 is 39.6 Å². The lowest BCUT2D eigenvalue weighted by atomic mass is 10.1. The molecule has 4 rings (SSSR count). The van der Waals surface area contributed by atoms with Crippen molar-refractivity contribution in [2.24, 2.45) is 0 Å². The molecule has 1 N–H and O–H groups in total. The van der Waals surface area contributed by atoms with E-state index in [4.69, 9.17) is 13.9 Å². The van der Waals surface area contributed by atoms with Crippen molar-refractivity contribution in [3.63, 3.8) is 0 Å². The van der Waals surface area contributed by atoms with E-state index in [9.17, 15) is 9.59 Å². The normalized spacial score (nSPS) is 11.2. The molecule has 3 aromatic carbocycles. The van der Waals surface area contributed by atoms with Crippen LogP contribution in [0.4, 0.5) is 5.69 Å². The molecule has 0 radical (unpaired) electrons. The summed E-state index contributed by atoms with van der Waals surface area (Å²) in [5.41, 5.74) is 1.99. The van der Waals surface area contributed by atoms with E-state index in [0.717, 1.165) is 11.3 Å². The Morgan fingerprint density at radius 2 is 1.87 bits per heavy atom. The van der Waals surface area contributed by atoms with Crippen LogP contribution in [-0.4, -0.2) is 19.6 Å². The van der Waals surface area contributed by atoms with E-state index in [1.807, 2.05) is 31.2 Å². The summed E-state index contributed by atoms with van der Waals surface area (Å²) in [6.45, 7) is 2.53. The number of benzene rings is 3. The lowest BCUT2D eigenvalue weighted by Gasteiger charge is -2.07. The van der Waals surface area contributed by atoms with Gasteiger partial charge in [-0.3, -0.25) is 9.59 Å². The molecular weight excluding hydrogens is 394 g/mol. The van der Waals surface area contributed by atoms with Crippen molar-refractivity contribution in [1.29, 1.82) is 0 Å². The molecule has 4 aromatic rings. The van der Waals surface area contributed by atoms with Gasteiger partial charge in [0, 0.05) is 17.8 Å². The number of anilines is 1. The summed E-state index contributed by atoms with van der Waals surface area (Å²) < 4.78 is 16.6. The molecular formula is C25H21NO5. The van der Waals surface area contributed by atoms with Crippen molar-refractivity contribution in [3.8, 4) is 11.5 Å². The van der Waals surface area contributed by atoms with Gasteiger partial charge in [-0.1, -0.05) is 18.2 Å². The van der Waals surface area contributed by atoms with Crippen LogP contribution in [0.1, 0.15) is 12.5 Å². The van der Waals surface area contributed by atoms with E-state index in [1.165, 1.54) is 13.2 Å². The fourth-order valence-corrected chi connectivity index (χ4v) is 3.29. The number of methoxy groups -OCH3 is 1. The first-order chi connectivity index (χ1) is 15.1. The zero-order valence-corrected chi connectivity index (χ0v) is 17.2. The van der Waals surface area contributed by atoms with Crippen LogP contribution in [0.2, 0.25) is 0 Å². The standard InChI is InChI=1S/C25H21NO5/c1-3-30-18-11-7-16(8-12-18)9-14-23(27)26-17-10-13-19-22(15-17)31-25-20(24(19)28)5-4-6-21(25)29-2/h4-15H,3H2,1-2H3,(H,26,27)/b14-9+. The number of hydrogen-bond donors (Lipinski definition) is 1. The second kappa shape index (κ2) is 8.75. The van der Waals surface area contributed by atoms with E-state index in [-0.39, 0.29) is 11.3 Å². The predicted molar refractivity (Wildman–Crippen MR) is 122 cm³/mol. The van der Waals surface area contributed by atoms with Gasteiger partial charge in [0.15, 0.2) is 11.3 Å². The van der Waals surface area contributed by atoms with Gasteiger partial charge in [-0.25, -0.2) is 0 Å². The minimum absolute atomic E-state index is 0.150. The fourth-order valence-electron chi connectivity index (χ4n) is 3.29. The monoisotopic (exact) mass is 415 g/mol. The Hall–Kier alpha value is -4.06. The summed E-state index contributed by atoms with van der Waals surface area (Å²) >= 11 is 0. The topological polar surface area (TPSA) is 77.8 Å². The van der Waals surface area contributed by atoms with Crippen molar-refractivity contribution < 1.29 is 18.7 Å². The SMILES string of the molecule is CCOc1ccc(/C=C/C(=O)Nc2ccc3c(=O)c4cccc(OC)c4oc3c2)cc1. The van der Waals surface area contributed by atoms with E-state index in [2.05, 4.69) is 5.32 Å². The molecule has 0 aliphatic rings. The van der Waals surface area contributed by atoms with Gasteiger partial charge in [-0.05, 0) is 55.0 Å². The van der Waals surface area contributed by atoms with Crippen molar-refractivity contribution in [3.05, 3.63) is 82.5 Å². The Kier molecular flexibility index (Phi) is 5.71. The number of carbonyl (C=O) groups excluding carboxylic acids is 1. The number of fused-ring (bicyclic) bond motifs is 2. The molecule has 6 heteroatoms.